The maximum atomic E-state index is 13.0. The maximum absolute atomic E-state index is 13.0. The third-order valence-corrected chi connectivity index (χ3v) is 8.97. The van der Waals surface area contributed by atoms with Gasteiger partial charge in [0.1, 0.15) is 0 Å². The largest absolute Gasteiger partial charge is 0.490 e. The number of aromatic amines is 1. The zero-order valence-electron chi connectivity index (χ0n) is 23.1. The number of aryl methyl sites for hydroxylation is 1. The van der Waals surface area contributed by atoms with Crippen molar-refractivity contribution in [2.45, 2.75) is 40.7 Å². The quantitative estimate of drug-likeness (QED) is 0.146. The monoisotopic (exact) mass is 611 g/mol. The van der Waals surface area contributed by atoms with Crippen LogP contribution in [0.2, 0.25) is 0 Å². The first-order chi connectivity index (χ1) is 20.1. The number of benzene rings is 2. The van der Waals surface area contributed by atoms with Crippen LogP contribution in [-0.2, 0) is 20.3 Å². The van der Waals surface area contributed by atoms with Gasteiger partial charge in [0, 0.05) is 41.9 Å². The third-order valence-electron chi connectivity index (χ3n) is 6.39. The molecule has 1 saturated heterocycles. The van der Waals surface area contributed by atoms with Crippen LogP contribution >= 0.6 is 11.8 Å². The highest BCUT2D eigenvalue weighted by Gasteiger charge is 2.26. The molecule has 42 heavy (non-hydrogen) atoms. The summed E-state index contributed by atoms with van der Waals surface area (Å²) in [6.07, 6.45) is 0.0106. The predicted octanol–water partition coefficient (Wildman–Crippen LogP) is 4.52. The van der Waals surface area contributed by atoms with Gasteiger partial charge in [0.05, 0.1) is 35.4 Å². The first-order valence-corrected chi connectivity index (χ1v) is 15.4. The van der Waals surface area contributed by atoms with Gasteiger partial charge in [-0.2, -0.15) is 5.10 Å². The van der Waals surface area contributed by atoms with E-state index in [1.54, 1.807) is 25.3 Å². The number of non-ortho nitro benzene ring substituents is 1. The fourth-order valence-corrected chi connectivity index (χ4v) is 6.54. The summed E-state index contributed by atoms with van der Waals surface area (Å²) in [5.41, 5.74) is 1.06. The SMILES string of the molecule is COc1c(Nc2cc(C)[nH]n2)nc(Sc2ccc(S(=O)(=O)Cc3cccc([N+](=O)[O-])c3)cc2)nc1N1CCO[C@@H](C)C1. The van der Waals surface area contributed by atoms with Gasteiger partial charge in [0.25, 0.3) is 5.69 Å². The van der Waals surface area contributed by atoms with Gasteiger partial charge in [-0.3, -0.25) is 15.2 Å². The van der Waals surface area contributed by atoms with Crippen LogP contribution < -0.4 is 15.0 Å². The second-order valence-electron chi connectivity index (χ2n) is 9.66. The predicted molar refractivity (Wildman–Crippen MR) is 157 cm³/mol. The number of rotatable bonds is 10. The molecule has 0 radical (unpaired) electrons. The van der Waals surface area contributed by atoms with E-state index in [9.17, 15) is 18.5 Å². The Hall–Kier alpha value is -4.21. The average molecular weight is 612 g/mol. The first-order valence-electron chi connectivity index (χ1n) is 13.0. The van der Waals surface area contributed by atoms with Gasteiger partial charge in [0.2, 0.25) is 5.75 Å². The van der Waals surface area contributed by atoms with Gasteiger partial charge in [-0.05, 0) is 55.4 Å². The molecule has 2 aromatic carbocycles. The lowest BCUT2D eigenvalue weighted by molar-refractivity contribution is -0.384. The number of nitro groups is 1. The van der Waals surface area contributed by atoms with Gasteiger partial charge >= 0.3 is 0 Å². The van der Waals surface area contributed by atoms with Crippen LogP contribution in [0.3, 0.4) is 0 Å². The van der Waals surface area contributed by atoms with Crippen molar-refractivity contribution < 1.29 is 22.8 Å². The van der Waals surface area contributed by atoms with Crippen LogP contribution in [-0.4, -0.2) is 66.4 Å². The van der Waals surface area contributed by atoms with Crippen molar-refractivity contribution in [2.75, 3.05) is 37.0 Å². The zero-order valence-corrected chi connectivity index (χ0v) is 24.7. The summed E-state index contributed by atoms with van der Waals surface area (Å²) in [5, 5.41) is 21.9. The Morgan fingerprint density at radius 1 is 1.21 bits per heavy atom. The smallest absolute Gasteiger partial charge is 0.269 e. The fraction of sp³-hybridized carbons (Fsp3) is 0.296. The Balaban J connectivity index is 1.41. The molecule has 15 heteroatoms. The Labute approximate surface area is 246 Å². The van der Waals surface area contributed by atoms with Crippen molar-refractivity contribution in [1.29, 1.82) is 0 Å². The van der Waals surface area contributed by atoms with Crippen molar-refractivity contribution in [2.24, 2.45) is 0 Å². The number of aromatic nitrogens is 4. The molecule has 220 valence electrons. The van der Waals surface area contributed by atoms with Crippen molar-refractivity contribution in [1.82, 2.24) is 20.2 Å². The summed E-state index contributed by atoms with van der Waals surface area (Å²) >= 11 is 1.27. The van der Waals surface area contributed by atoms with Crippen molar-refractivity contribution >= 4 is 44.7 Å². The molecule has 1 atom stereocenters. The number of nitrogens with one attached hydrogen (secondary N) is 2. The molecule has 0 bridgehead atoms. The standard InChI is InChI=1S/C27H29N7O6S2/c1-17-13-23(32-31-17)28-25-24(39-3)26(33-11-12-40-18(2)15-33)30-27(29-25)41-21-7-9-22(10-8-21)42(37,38)16-19-5-4-6-20(14-19)34(35)36/h4-10,13-14,18H,11-12,15-16H2,1-3H3,(H2,28,29,30,31,32)/t18-/m0/s1. The minimum Gasteiger partial charge on any atom is -0.490 e. The first kappa shape index (κ1) is 29.3. The van der Waals surface area contributed by atoms with E-state index in [4.69, 9.17) is 19.4 Å². The summed E-state index contributed by atoms with van der Waals surface area (Å²) in [7, 11) is -2.18. The molecular formula is C27H29N7O6S2. The van der Waals surface area contributed by atoms with Gasteiger partial charge in [-0.15, -0.1) is 0 Å². The van der Waals surface area contributed by atoms with Crippen molar-refractivity contribution in [3.8, 4) is 5.75 Å². The van der Waals surface area contributed by atoms with Gasteiger partial charge in [-0.1, -0.05) is 12.1 Å². The second kappa shape index (κ2) is 12.3. The lowest BCUT2D eigenvalue weighted by Crippen LogP contribution is -2.41. The number of anilines is 3. The lowest BCUT2D eigenvalue weighted by Gasteiger charge is -2.33. The molecule has 1 aliphatic heterocycles. The molecule has 1 aliphatic rings. The van der Waals surface area contributed by atoms with E-state index >= 15 is 0 Å². The molecule has 0 unspecified atom stereocenters. The average Bonchev–Trinajstić information content (AvgIpc) is 3.37. The number of nitrogens with zero attached hydrogens (tertiary/aromatic N) is 5. The van der Waals surface area contributed by atoms with E-state index < -0.39 is 14.8 Å². The zero-order chi connectivity index (χ0) is 29.9. The van der Waals surface area contributed by atoms with Crippen molar-refractivity contribution in [3.05, 3.63) is 76.0 Å². The number of H-pyrrole nitrogens is 1. The van der Waals surface area contributed by atoms with E-state index in [1.807, 2.05) is 19.9 Å². The number of nitro benzene ring substituents is 1. The van der Waals surface area contributed by atoms with Crippen LogP contribution in [0.1, 0.15) is 18.2 Å². The van der Waals surface area contributed by atoms with Crippen molar-refractivity contribution in [3.63, 3.8) is 0 Å². The van der Waals surface area contributed by atoms with E-state index in [1.165, 1.54) is 42.1 Å². The maximum Gasteiger partial charge on any atom is 0.269 e. The minimum atomic E-state index is -3.74. The number of hydrogen-bond acceptors (Lipinski definition) is 12. The molecule has 5 rings (SSSR count). The Bertz CT molecular complexity index is 1700. The Morgan fingerprint density at radius 2 is 2.00 bits per heavy atom. The lowest BCUT2D eigenvalue weighted by atomic mass is 10.2. The number of sulfone groups is 1. The highest BCUT2D eigenvalue weighted by atomic mass is 32.2. The molecule has 3 heterocycles. The number of methoxy groups -OCH3 is 1. The molecule has 2 N–H and O–H groups in total. The molecule has 0 saturated carbocycles. The summed E-state index contributed by atoms with van der Waals surface area (Å²) < 4.78 is 37.5. The van der Waals surface area contributed by atoms with Crippen LogP contribution in [0.5, 0.6) is 5.75 Å². The molecule has 1 fully saturated rings. The minimum absolute atomic E-state index is 0.0106. The van der Waals surface area contributed by atoms with E-state index in [0.29, 0.717) is 53.6 Å². The third kappa shape index (κ3) is 6.80. The van der Waals surface area contributed by atoms with Gasteiger partial charge in [-0.25, -0.2) is 18.4 Å². The topological polar surface area (TPSA) is 165 Å². The van der Waals surface area contributed by atoms with Crippen LogP contribution in [0, 0.1) is 17.0 Å². The van der Waals surface area contributed by atoms with Gasteiger partial charge < -0.3 is 19.7 Å². The van der Waals surface area contributed by atoms with E-state index in [2.05, 4.69) is 20.4 Å². The van der Waals surface area contributed by atoms with Gasteiger partial charge in [0.15, 0.2) is 32.4 Å². The van der Waals surface area contributed by atoms with E-state index in [0.717, 1.165) is 10.6 Å². The summed E-state index contributed by atoms with van der Waals surface area (Å²) in [6, 6.07) is 13.8. The highest BCUT2D eigenvalue weighted by molar-refractivity contribution is 7.99. The number of ether oxygens (including phenoxy) is 2. The summed E-state index contributed by atoms with van der Waals surface area (Å²) in [5.74, 6) is 1.73. The van der Waals surface area contributed by atoms with E-state index in [-0.39, 0.29) is 22.4 Å². The molecule has 4 aromatic rings. The molecule has 2 aromatic heterocycles. The molecule has 0 aliphatic carbocycles. The Morgan fingerprint density at radius 3 is 2.67 bits per heavy atom. The molecular weight excluding hydrogens is 582 g/mol. The molecule has 13 nitrogen and oxygen atoms in total. The van der Waals surface area contributed by atoms with Crippen LogP contribution in [0.4, 0.5) is 23.1 Å². The number of hydrogen-bond donors (Lipinski definition) is 2. The number of morpholine rings is 1. The molecule has 0 amide bonds. The second-order valence-corrected chi connectivity index (χ2v) is 12.7. The normalized spacial score (nSPS) is 15.4. The van der Waals surface area contributed by atoms with Crippen LogP contribution in [0.15, 0.2) is 69.5 Å². The highest BCUT2D eigenvalue weighted by Crippen LogP contribution is 2.38. The summed E-state index contributed by atoms with van der Waals surface area (Å²) in [4.78, 5) is 22.9. The van der Waals surface area contributed by atoms with Crippen LogP contribution in [0.25, 0.3) is 0 Å². The molecule has 0 spiro atoms. The summed E-state index contributed by atoms with van der Waals surface area (Å²) in [6.45, 7) is 5.68. The fourth-order valence-electron chi connectivity index (χ4n) is 4.45. The Kier molecular flexibility index (Phi) is 8.61.